The van der Waals surface area contributed by atoms with Gasteiger partial charge in [-0.05, 0) is 31.2 Å². The molecular weight excluding hydrogens is 330 g/mol. The number of aryl methyl sites for hydroxylation is 1. The normalized spacial score (nSPS) is 14.5. The molecule has 1 amide bonds. The predicted octanol–water partition coefficient (Wildman–Crippen LogP) is 2.40. The van der Waals surface area contributed by atoms with Crippen molar-refractivity contribution in [3.05, 3.63) is 60.4 Å². The Morgan fingerprint density at radius 3 is 2.54 bits per heavy atom. The number of aromatic nitrogens is 3. The van der Waals surface area contributed by atoms with E-state index in [1.165, 1.54) is 6.26 Å². The summed E-state index contributed by atoms with van der Waals surface area (Å²) in [5, 5.41) is 0. The Morgan fingerprint density at radius 1 is 1.08 bits per heavy atom. The summed E-state index contributed by atoms with van der Waals surface area (Å²) in [6.45, 7) is 4.67. The molecule has 0 saturated carbocycles. The summed E-state index contributed by atoms with van der Waals surface area (Å²) in [7, 11) is 0. The van der Waals surface area contributed by atoms with Crippen LogP contribution in [0.5, 0.6) is 0 Å². The number of rotatable bonds is 3. The van der Waals surface area contributed by atoms with Crippen molar-refractivity contribution in [1.29, 1.82) is 0 Å². The van der Waals surface area contributed by atoms with E-state index in [0.717, 1.165) is 30.2 Å². The molecule has 0 radical (unpaired) electrons. The van der Waals surface area contributed by atoms with Crippen molar-refractivity contribution < 1.29 is 9.21 Å². The van der Waals surface area contributed by atoms with Gasteiger partial charge in [0.05, 0.1) is 6.26 Å². The van der Waals surface area contributed by atoms with E-state index in [4.69, 9.17) is 9.40 Å². The zero-order valence-corrected chi connectivity index (χ0v) is 14.5. The maximum Gasteiger partial charge on any atom is 0.289 e. The average molecular weight is 349 g/mol. The Labute approximate surface area is 151 Å². The minimum Gasteiger partial charge on any atom is -0.459 e. The van der Waals surface area contributed by atoms with Crippen molar-refractivity contribution in [3.63, 3.8) is 0 Å². The zero-order valence-electron chi connectivity index (χ0n) is 14.5. The third-order valence-electron chi connectivity index (χ3n) is 4.40. The fraction of sp³-hybridized carbons (Fsp3) is 0.263. The van der Waals surface area contributed by atoms with Gasteiger partial charge in [0.2, 0.25) is 0 Å². The van der Waals surface area contributed by atoms with E-state index in [0.29, 0.717) is 24.7 Å². The molecule has 7 heteroatoms. The van der Waals surface area contributed by atoms with E-state index >= 15 is 0 Å². The molecule has 3 aromatic heterocycles. The second-order valence-electron chi connectivity index (χ2n) is 6.18. The summed E-state index contributed by atoms with van der Waals surface area (Å²) in [6.07, 6.45) is 4.99. The molecule has 0 atom stereocenters. The van der Waals surface area contributed by atoms with Gasteiger partial charge in [-0.1, -0.05) is 0 Å². The van der Waals surface area contributed by atoms with Crippen molar-refractivity contribution in [3.8, 4) is 11.4 Å². The number of hydrogen-bond donors (Lipinski definition) is 0. The number of nitrogens with zero attached hydrogens (tertiary/aromatic N) is 5. The lowest BCUT2D eigenvalue weighted by atomic mass is 10.2. The third-order valence-corrected chi connectivity index (χ3v) is 4.40. The molecule has 4 heterocycles. The first-order chi connectivity index (χ1) is 12.7. The lowest BCUT2D eigenvalue weighted by Crippen LogP contribution is -2.49. The maximum atomic E-state index is 12.4. The van der Waals surface area contributed by atoms with Crippen molar-refractivity contribution in [2.75, 3.05) is 31.1 Å². The first-order valence-corrected chi connectivity index (χ1v) is 8.54. The van der Waals surface area contributed by atoms with Crippen LogP contribution in [0.25, 0.3) is 11.4 Å². The first kappa shape index (κ1) is 16.3. The summed E-state index contributed by atoms with van der Waals surface area (Å²) in [5.74, 6) is 1.90. The molecule has 0 N–H and O–H groups in total. The molecule has 7 nitrogen and oxygen atoms in total. The van der Waals surface area contributed by atoms with Gasteiger partial charge in [-0.15, -0.1) is 0 Å². The van der Waals surface area contributed by atoms with Gasteiger partial charge in [-0.2, -0.15) is 0 Å². The second-order valence-corrected chi connectivity index (χ2v) is 6.18. The molecular formula is C19H19N5O2. The quantitative estimate of drug-likeness (QED) is 0.723. The molecule has 4 rings (SSSR count). The highest BCUT2D eigenvalue weighted by molar-refractivity contribution is 5.91. The highest BCUT2D eigenvalue weighted by atomic mass is 16.3. The van der Waals surface area contributed by atoms with E-state index in [1.807, 2.05) is 30.0 Å². The Morgan fingerprint density at radius 2 is 1.85 bits per heavy atom. The standard InChI is InChI=1S/C19H19N5O2/c1-14-13-17(22-18(21-14)15-4-6-20-7-5-15)23-8-10-24(11-9-23)19(25)16-3-2-12-26-16/h2-7,12-13H,8-11H2,1H3. The lowest BCUT2D eigenvalue weighted by Gasteiger charge is -2.35. The van der Waals surface area contributed by atoms with Crippen LogP contribution in [-0.2, 0) is 0 Å². The summed E-state index contributed by atoms with van der Waals surface area (Å²) in [6, 6.07) is 9.21. The molecule has 0 spiro atoms. The van der Waals surface area contributed by atoms with Gasteiger partial charge in [0.25, 0.3) is 5.91 Å². The Kier molecular flexibility index (Phi) is 4.35. The maximum absolute atomic E-state index is 12.4. The van der Waals surface area contributed by atoms with Gasteiger partial charge in [0.1, 0.15) is 5.82 Å². The molecule has 1 saturated heterocycles. The Balaban J connectivity index is 1.49. The summed E-state index contributed by atoms with van der Waals surface area (Å²) in [4.78, 5) is 29.7. The molecule has 0 aromatic carbocycles. The van der Waals surface area contributed by atoms with E-state index < -0.39 is 0 Å². The number of anilines is 1. The van der Waals surface area contributed by atoms with Crippen LogP contribution < -0.4 is 4.90 Å². The molecule has 1 aliphatic rings. The molecule has 0 aliphatic carbocycles. The molecule has 3 aromatic rings. The third kappa shape index (κ3) is 3.28. The minimum absolute atomic E-state index is 0.0639. The molecule has 0 unspecified atom stereocenters. The highest BCUT2D eigenvalue weighted by Crippen LogP contribution is 2.21. The SMILES string of the molecule is Cc1cc(N2CCN(C(=O)c3ccco3)CC2)nc(-c2ccncc2)n1. The van der Waals surface area contributed by atoms with Crippen LogP contribution >= 0.6 is 0 Å². The van der Waals surface area contributed by atoms with Crippen LogP contribution in [0.15, 0.2) is 53.4 Å². The summed E-state index contributed by atoms with van der Waals surface area (Å²) in [5.41, 5.74) is 1.85. The number of amides is 1. The van der Waals surface area contributed by atoms with Crippen molar-refractivity contribution in [1.82, 2.24) is 19.9 Å². The molecule has 132 valence electrons. The predicted molar refractivity (Wildman–Crippen MR) is 96.8 cm³/mol. The average Bonchev–Trinajstić information content (AvgIpc) is 3.22. The largest absolute Gasteiger partial charge is 0.459 e. The highest BCUT2D eigenvalue weighted by Gasteiger charge is 2.24. The van der Waals surface area contributed by atoms with Gasteiger partial charge in [-0.25, -0.2) is 9.97 Å². The van der Waals surface area contributed by atoms with E-state index in [9.17, 15) is 4.79 Å². The Bertz CT molecular complexity index is 888. The molecule has 26 heavy (non-hydrogen) atoms. The van der Waals surface area contributed by atoms with Crippen molar-refractivity contribution >= 4 is 11.7 Å². The smallest absolute Gasteiger partial charge is 0.289 e. The van der Waals surface area contributed by atoms with E-state index in [-0.39, 0.29) is 5.91 Å². The molecule has 1 aliphatic heterocycles. The monoisotopic (exact) mass is 349 g/mol. The van der Waals surface area contributed by atoms with Crippen LogP contribution in [0.3, 0.4) is 0 Å². The summed E-state index contributed by atoms with van der Waals surface area (Å²) < 4.78 is 5.21. The number of carbonyl (C=O) groups excluding carboxylic acids is 1. The topological polar surface area (TPSA) is 75.4 Å². The fourth-order valence-electron chi connectivity index (χ4n) is 3.04. The van der Waals surface area contributed by atoms with Crippen LogP contribution in [0.4, 0.5) is 5.82 Å². The van der Waals surface area contributed by atoms with Crippen LogP contribution in [-0.4, -0.2) is 51.9 Å². The van der Waals surface area contributed by atoms with Gasteiger partial charge in [-0.3, -0.25) is 9.78 Å². The number of hydrogen-bond acceptors (Lipinski definition) is 6. The van der Waals surface area contributed by atoms with Crippen molar-refractivity contribution in [2.45, 2.75) is 6.92 Å². The number of furan rings is 1. The van der Waals surface area contributed by atoms with Gasteiger partial charge < -0.3 is 14.2 Å². The van der Waals surface area contributed by atoms with Gasteiger partial charge >= 0.3 is 0 Å². The first-order valence-electron chi connectivity index (χ1n) is 8.54. The summed E-state index contributed by atoms with van der Waals surface area (Å²) >= 11 is 0. The van der Waals surface area contributed by atoms with Crippen LogP contribution in [0.2, 0.25) is 0 Å². The van der Waals surface area contributed by atoms with E-state index in [1.54, 1.807) is 24.5 Å². The van der Waals surface area contributed by atoms with Crippen LogP contribution in [0, 0.1) is 6.92 Å². The van der Waals surface area contributed by atoms with Crippen LogP contribution in [0.1, 0.15) is 16.2 Å². The number of carbonyl (C=O) groups is 1. The van der Waals surface area contributed by atoms with Crippen molar-refractivity contribution in [2.24, 2.45) is 0 Å². The van der Waals surface area contributed by atoms with E-state index in [2.05, 4.69) is 14.9 Å². The zero-order chi connectivity index (χ0) is 17.9. The molecule has 0 bridgehead atoms. The molecule has 1 fully saturated rings. The Hall–Kier alpha value is -3.22. The van der Waals surface area contributed by atoms with Gasteiger partial charge in [0, 0.05) is 55.9 Å². The number of piperazine rings is 1. The lowest BCUT2D eigenvalue weighted by molar-refractivity contribution is 0.0714. The van der Waals surface area contributed by atoms with Gasteiger partial charge in [0.15, 0.2) is 11.6 Å². The second kappa shape index (κ2) is 6.95. The fourth-order valence-corrected chi connectivity index (χ4v) is 3.04. The number of pyridine rings is 1. The minimum atomic E-state index is -0.0639.